The van der Waals surface area contributed by atoms with Crippen LogP contribution in [-0.2, 0) is 9.59 Å². The second-order valence-electron chi connectivity index (χ2n) is 11.5. The van der Waals surface area contributed by atoms with Crippen LogP contribution >= 0.6 is 0 Å². The van der Waals surface area contributed by atoms with E-state index in [1.54, 1.807) is 0 Å². The van der Waals surface area contributed by atoms with E-state index in [0.717, 1.165) is 38.4 Å². The molecule has 2 amide bonds. The number of benzene rings is 4. The summed E-state index contributed by atoms with van der Waals surface area (Å²) in [6, 6.07) is 32.8. The Morgan fingerprint density at radius 3 is 1.93 bits per heavy atom. The molecule has 0 saturated carbocycles. The van der Waals surface area contributed by atoms with Gasteiger partial charge in [-0.15, -0.1) is 0 Å². The average Bonchev–Trinajstić information content (AvgIpc) is 3.35. The van der Waals surface area contributed by atoms with Crippen LogP contribution in [0.3, 0.4) is 0 Å². The maximum atomic E-state index is 13.5. The highest BCUT2D eigenvalue weighted by molar-refractivity contribution is 6.24. The van der Waals surface area contributed by atoms with E-state index in [2.05, 4.69) is 59.2 Å². The molecule has 1 saturated heterocycles. The molecule has 6 aromatic rings. The maximum absolute atomic E-state index is 13.5. The lowest BCUT2D eigenvalue weighted by atomic mass is 9.70. The van der Waals surface area contributed by atoms with Gasteiger partial charge in [0.15, 0.2) is 0 Å². The van der Waals surface area contributed by atoms with Crippen LogP contribution in [0.1, 0.15) is 27.7 Å². The van der Waals surface area contributed by atoms with E-state index >= 15 is 0 Å². The molecule has 0 unspecified atom stereocenters. The van der Waals surface area contributed by atoms with Gasteiger partial charge in [0.25, 0.3) is 0 Å². The fourth-order valence-corrected chi connectivity index (χ4v) is 5.73. The molecule has 196 valence electrons. The van der Waals surface area contributed by atoms with E-state index in [1.165, 1.54) is 4.90 Å². The van der Waals surface area contributed by atoms with Gasteiger partial charge in [0.05, 0.1) is 33.1 Å². The van der Waals surface area contributed by atoms with Crippen LogP contribution < -0.4 is 4.90 Å². The quantitative estimate of drug-likeness (QED) is 0.228. The molecule has 1 fully saturated rings. The number of aromatic nitrogens is 3. The van der Waals surface area contributed by atoms with E-state index in [0.29, 0.717) is 11.2 Å². The topological polar surface area (TPSA) is 68.1 Å². The van der Waals surface area contributed by atoms with Crippen molar-refractivity contribution in [2.75, 3.05) is 4.90 Å². The van der Waals surface area contributed by atoms with Crippen molar-refractivity contribution in [2.45, 2.75) is 27.7 Å². The van der Waals surface area contributed by atoms with Gasteiger partial charge in [-0.1, -0.05) is 60.7 Å². The van der Waals surface area contributed by atoms with Crippen LogP contribution in [0, 0.1) is 10.8 Å². The lowest BCUT2D eigenvalue weighted by Gasteiger charge is -2.28. The molecule has 1 aliphatic rings. The van der Waals surface area contributed by atoms with Crippen molar-refractivity contribution < 1.29 is 9.59 Å². The molecule has 0 bridgehead atoms. The zero-order valence-electron chi connectivity index (χ0n) is 22.8. The van der Waals surface area contributed by atoms with Crippen LogP contribution in [0.25, 0.3) is 49.7 Å². The summed E-state index contributed by atoms with van der Waals surface area (Å²) in [6.45, 7) is 7.24. The van der Waals surface area contributed by atoms with Gasteiger partial charge in [0.2, 0.25) is 17.8 Å². The van der Waals surface area contributed by atoms with Gasteiger partial charge in [-0.25, -0.2) is 14.9 Å². The Morgan fingerprint density at radius 1 is 0.600 bits per heavy atom. The molecule has 0 radical (unpaired) electrons. The highest BCUT2D eigenvalue weighted by Crippen LogP contribution is 2.48. The first kappa shape index (κ1) is 24.2. The minimum atomic E-state index is -0.878. The fourth-order valence-electron chi connectivity index (χ4n) is 5.73. The number of carbonyl (C=O) groups excluding carboxylic acids is 2. The summed E-state index contributed by atoms with van der Waals surface area (Å²) in [4.78, 5) is 37.8. The average molecular weight is 525 g/mol. The molecule has 7 rings (SSSR count). The SMILES string of the molecule is CC1(C)C(=O)N(c2nc(-c3ccc4c(c3)c3ccccc3n4-c3ccccc3)c3ccccc3n2)C(=O)C1(C)C. The van der Waals surface area contributed by atoms with Crippen LogP contribution in [0.2, 0.25) is 0 Å². The lowest BCUT2D eigenvalue weighted by Crippen LogP contribution is -2.35. The van der Waals surface area contributed by atoms with Crippen LogP contribution in [-0.4, -0.2) is 26.3 Å². The monoisotopic (exact) mass is 524 g/mol. The van der Waals surface area contributed by atoms with Crippen molar-refractivity contribution in [3.63, 3.8) is 0 Å². The van der Waals surface area contributed by atoms with Gasteiger partial charge >= 0.3 is 0 Å². The van der Waals surface area contributed by atoms with Gasteiger partial charge in [-0.3, -0.25) is 9.59 Å². The molecule has 40 heavy (non-hydrogen) atoms. The van der Waals surface area contributed by atoms with E-state index in [4.69, 9.17) is 9.97 Å². The number of anilines is 1. The number of hydrogen-bond donors (Lipinski definition) is 0. The van der Waals surface area contributed by atoms with Crippen LogP contribution in [0.15, 0.2) is 97.1 Å². The maximum Gasteiger partial charge on any atom is 0.242 e. The van der Waals surface area contributed by atoms with Crippen molar-refractivity contribution in [1.29, 1.82) is 0 Å². The van der Waals surface area contributed by atoms with E-state index < -0.39 is 10.8 Å². The summed E-state index contributed by atoms with van der Waals surface area (Å²) in [7, 11) is 0. The Balaban J connectivity index is 1.48. The first-order chi connectivity index (χ1) is 19.2. The molecule has 6 heteroatoms. The summed E-state index contributed by atoms with van der Waals surface area (Å²) >= 11 is 0. The second-order valence-corrected chi connectivity index (χ2v) is 11.5. The summed E-state index contributed by atoms with van der Waals surface area (Å²) < 4.78 is 2.27. The Bertz CT molecular complexity index is 1980. The van der Waals surface area contributed by atoms with E-state index in [9.17, 15) is 9.59 Å². The number of amides is 2. The van der Waals surface area contributed by atoms with Crippen LogP contribution in [0.4, 0.5) is 5.95 Å². The summed E-state index contributed by atoms with van der Waals surface area (Å²) in [6.07, 6.45) is 0. The Labute approximate surface area is 231 Å². The third-order valence-electron chi connectivity index (χ3n) is 8.79. The van der Waals surface area contributed by atoms with Gasteiger partial charge in [-0.2, -0.15) is 0 Å². The molecule has 1 aliphatic heterocycles. The molecule has 4 aromatic carbocycles. The van der Waals surface area contributed by atoms with Crippen molar-refractivity contribution in [3.8, 4) is 16.9 Å². The number of fused-ring (bicyclic) bond motifs is 4. The minimum Gasteiger partial charge on any atom is -0.309 e. The fraction of sp³-hybridized carbons (Fsp3) is 0.176. The van der Waals surface area contributed by atoms with Crippen molar-refractivity contribution in [3.05, 3.63) is 97.1 Å². The van der Waals surface area contributed by atoms with Gasteiger partial charge < -0.3 is 4.57 Å². The van der Waals surface area contributed by atoms with Crippen molar-refractivity contribution in [1.82, 2.24) is 14.5 Å². The highest BCUT2D eigenvalue weighted by atomic mass is 16.2. The predicted octanol–water partition coefficient (Wildman–Crippen LogP) is 7.32. The number of carbonyl (C=O) groups is 2. The Hall–Kier alpha value is -4.84. The zero-order chi connectivity index (χ0) is 27.8. The molecule has 0 aliphatic carbocycles. The first-order valence-corrected chi connectivity index (χ1v) is 13.4. The molecular formula is C34H28N4O2. The summed E-state index contributed by atoms with van der Waals surface area (Å²) in [5, 5.41) is 3.09. The predicted molar refractivity (Wildman–Crippen MR) is 159 cm³/mol. The number of para-hydroxylation sites is 3. The minimum absolute atomic E-state index is 0.120. The zero-order valence-corrected chi connectivity index (χ0v) is 22.8. The third-order valence-corrected chi connectivity index (χ3v) is 8.79. The van der Waals surface area contributed by atoms with Gasteiger partial charge in [-0.05, 0) is 64.1 Å². The number of imide groups is 1. The largest absolute Gasteiger partial charge is 0.309 e. The van der Waals surface area contributed by atoms with E-state index in [1.807, 2.05) is 70.2 Å². The Morgan fingerprint density at radius 2 is 1.20 bits per heavy atom. The first-order valence-electron chi connectivity index (χ1n) is 13.4. The molecule has 0 atom stereocenters. The van der Waals surface area contributed by atoms with Crippen molar-refractivity contribution >= 4 is 50.5 Å². The molecule has 0 N–H and O–H groups in total. The summed E-state index contributed by atoms with van der Waals surface area (Å²) in [5.41, 5.74) is 3.79. The van der Waals surface area contributed by atoms with Crippen molar-refractivity contribution in [2.24, 2.45) is 10.8 Å². The molecule has 2 aromatic heterocycles. The van der Waals surface area contributed by atoms with Gasteiger partial charge in [0.1, 0.15) is 0 Å². The van der Waals surface area contributed by atoms with E-state index in [-0.39, 0.29) is 17.8 Å². The number of nitrogens with zero attached hydrogens (tertiary/aromatic N) is 4. The molecule has 3 heterocycles. The molecule has 0 spiro atoms. The Kier molecular flexibility index (Phi) is 5.04. The summed E-state index contributed by atoms with van der Waals surface area (Å²) in [5.74, 6) is -0.454. The van der Waals surface area contributed by atoms with Gasteiger partial charge in [0, 0.05) is 27.4 Å². The van der Waals surface area contributed by atoms with Crippen LogP contribution in [0.5, 0.6) is 0 Å². The molecule has 6 nitrogen and oxygen atoms in total. The number of hydrogen-bond acceptors (Lipinski definition) is 4. The number of rotatable bonds is 3. The highest BCUT2D eigenvalue weighted by Gasteiger charge is 2.60. The normalized spacial score (nSPS) is 16.4. The standard InChI is InChI=1S/C34H28N4O2/c1-33(2)30(39)38(31(40)34(33,3)4)32-35-26-16-10-8-15-24(26)29(36-32)21-18-19-28-25(20-21)23-14-9-11-17-27(23)37(28)22-12-6-5-7-13-22/h5-20H,1-4H3. The molecular weight excluding hydrogens is 496 g/mol. The smallest absolute Gasteiger partial charge is 0.242 e. The lowest BCUT2D eigenvalue weighted by molar-refractivity contribution is -0.129. The third kappa shape index (κ3) is 3.22. The second kappa shape index (κ2) is 8.33.